The molecule has 2 N–H and O–H groups in total. The van der Waals surface area contributed by atoms with Gasteiger partial charge >= 0.3 is 0 Å². The fraction of sp³-hybridized carbons (Fsp3) is 0.308. The lowest BCUT2D eigenvalue weighted by molar-refractivity contribution is -0.384. The molecule has 2 aromatic rings. The molecule has 1 fully saturated rings. The van der Waals surface area contributed by atoms with Gasteiger partial charge < -0.3 is 5.32 Å². The molecule has 0 bridgehead atoms. The van der Waals surface area contributed by atoms with Crippen LogP contribution in [0, 0.1) is 10.1 Å². The van der Waals surface area contributed by atoms with Crippen molar-refractivity contribution in [2.45, 2.75) is 25.4 Å². The summed E-state index contributed by atoms with van der Waals surface area (Å²) in [5.41, 5.74) is 2.76. The maximum absolute atomic E-state index is 10.8. The zero-order valence-electron chi connectivity index (χ0n) is 10.3. The molecule has 0 spiro atoms. The predicted molar refractivity (Wildman–Crippen MR) is 70.5 cm³/mol. The lowest BCUT2D eigenvalue weighted by Gasteiger charge is -2.04. The Morgan fingerprint density at radius 1 is 1.47 bits per heavy atom. The second-order valence-electron chi connectivity index (χ2n) is 4.73. The van der Waals surface area contributed by atoms with Crippen LogP contribution in [0.3, 0.4) is 0 Å². The van der Waals surface area contributed by atoms with Gasteiger partial charge in [0.15, 0.2) is 0 Å². The molecule has 1 aliphatic carbocycles. The number of nitro benzene ring substituents is 1. The highest BCUT2D eigenvalue weighted by atomic mass is 16.6. The number of aromatic nitrogens is 2. The summed E-state index contributed by atoms with van der Waals surface area (Å²) < 4.78 is 0. The van der Waals surface area contributed by atoms with Gasteiger partial charge in [-0.15, -0.1) is 0 Å². The van der Waals surface area contributed by atoms with E-state index in [1.54, 1.807) is 18.3 Å². The Balaban J connectivity index is 1.86. The van der Waals surface area contributed by atoms with E-state index in [0.717, 1.165) is 23.4 Å². The van der Waals surface area contributed by atoms with Crippen LogP contribution in [0.15, 0.2) is 30.5 Å². The summed E-state index contributed by atoms with van der Waals surface area (Å²) >= 11 is 0. The van der Waals surface area contributed by atoms with Crippen LogP contribution in [-0.4, -0.2) is 21.2 Å². The van der Waals surface area contributed by atoms with E-state index < -0.39 is 0 Å². The van der Waals surface area contributed by atoms with Gasteiger partial charge in [-0.3, -0.25) is 15.2 Å². The number of hydrogen-bond acceptors (Lipinski definition) is 4. The number of nitro groups is 1. The Morgan fingerprint density at radius 2 is 2.32 bits per heavy atom. The molecule has 1 aromatic carbocycles. The first kappa shape index (κ1) is 11.9. The van der Waals surface area contributed by atoms with Crippen molar-refractivity contribution in [3.05, 3.63) is 46.1 Å². The molecule has 98 valence electrons. The lowest BCUT2D eigenvalue weighted by atomic mass is 10.1. The first-order valence-electron chi connectivity index (χ1n) is 6.24. The van der Waals surface area contributed by atoms with E-state index in [2.05, 4.69) is 15.5 Å². The topological polar surface area (TPSA) is 83.8 Å². The number of non-ortho nitro benzene ring substituents is 1. The van der Waals surface area contributed by atoms with E-state index in [-0.39, 0.29) is 10.6 Å². The van der Waals surface area contributed by atoms with Gasteiger partial charge in [-0.25, -0.2) is 0 Å². The summed E-state index contributed by atoms with van der Waals surface area (Å²) in [6.45, 7) is 0.735. The van der Waals surface area contributed by atoms with Gasteiger partial charge in [0.2, 0.25) is 0 Å². The van der Waals surface area contributed by atoms with Crippen LogP contribution >= 0.6 is 0 Å². The number of nitrogens with zero attached hydrogens (tertiary/aromatic N) is 2. The van der Waals surface area contributed by atoms with Crippen molar-refractivity contribution in [2.75, 3.05) is 0 Å². The summed E-state index contributed by atoms with van der Waals surface area (Å²) in [5.74, 6) is 0. The number of aromatic amines is 1. The summed E-state index contributed by atoms with van der Waals surface area (Å²) in [4.78, 5) is 10.4. The Hall–Kier alpha value is -2.21. The molecule has 6 nitrogen and oxygen atoms in total. The third-order valence-electron chi connectivity index (χ3n) is 3.22. The average molecular weight is 258 g/mol. The van der Waals surface area contributed by atoms with Gasteiger partial charge in [0.25, 0.3) is 5.69 Å². The van der Waals surface area contributed by atoms with Crippen LogP contribution in [-0.2, 0) is 6.54 Å². The molecule has 0 unspecified atom stereocenters. The average Bonchev–Trinajstić information content (AvgIpc) is 3.13. The first-order chi connectivity index (χ1) is 9.24. The van der Waals surface area contributed by atoms with Crippen molar-refractivity contribution in [1.82, 2.24) is 15.5 Å². The number of hydrogen-bond donors (Lipinski definition) is 2. The van der Waals surface area contributed by atoms with E-state index in [0.29, 0.717) is 6.04 Å². The molecule has 0 saturated heterocycles. The van der Waals surface area contributed by atoms with Gasteiger partial charge in [-0.05, 0) is 12.8 Å². The molecular weight excluding hydrogens is 244 g/mol. The van der Waals surface area contributed by atoms with E-state index in [1.165, 1.54) is 18.9 Å². The highest BCUT2D eigenvalue weighted by Gasteiger charge is 2.21. The van der Waals surface area contributed by atoms with E-state index >= 15 is 0 Å². The summed E-state index contributed by atoms with van der Waals surface area (Å²) in [6.07, 6.45) is 4.22. The van der Waals surface area contributed by atoms with Gasteiger partial charge in [0, 0.05) is 35.8 Å². The fourth-order valence-electron chi connectivity index (χ4n) is 2.01. The zero-order chi connectivity index (χ0) is 13.2. The van der Waals surface area contributed by atoms with Crippen molar-refractivity contribution in [2.24, 2.45) is 0 Å². The third-order valence-corrected chi connectivity index (χ3v) is 3.22. The largest absolute Gasteiger partial charge is 0.310 e. The van der Waals surface area contributed by atoms with Gasteiger partial charge in [-0.2, -0.15) is 5.10 Å². The minimum atomic E-state index is -0.387. The van der Waals surface area contributed by atoms with Crippen LogP contribution < -0.4 is 5.32 Å². The predicted octanol–water partition coefficient (Wildman–Crippen LogP) is 2.24. The van der Waals surface area contributed by atoms with Crippen molar-refractivity contribution in [3.63, 3.8) is 0 Å². The van der Waals surface area contributed by atoms with Crippen molar-refractivity contribution in [3.8, 4) is 11.3 Å². The number of rotatable bonds is 5. The SMILES string of the molecule is O=[N+]([O-])c1cccc(-c2[nH]ncc2CNC2CC2)c1. The van der Waals surface area contributed by atoms with Gasteiger partial charge in [-0.1, -0.05) is 12.1 Å². The standard InChI is InChI=1S/C13H14N4O2/c18-17(19)12-3-1-2-9(6-12)13-10(8-15-16-13)7-14-11-4-5-11/h1-3,6,8,11,14H,4-5,7H2,(H,15,16). The molecule has 3 rings (SSSR count). The van der Waals surface area contributed by atoms with E-state index in [9.17, 15) is 10.1 Å². The Bertz CT molecular complexity index is 604. The van der Waals surface area contributed by atoms with Crippen LogP contribution in [0.1, 0.15) is 18.4 Å². The van der Waals surface area contributed by atoms with Crippen LogP contribution in [0.2, 0.25) is 0 Å². The number of benzene rings is 1. The van der Waals surface area contributed by atoms with Crippen LogP contribution in [0.4, 0.5) is 5.69 Å². The second kappa shape index (κ2) is 4.81. The number of nitrogens with one attached hydrogen (secondary N) is 2. The summed E-state index contributed by atoms with van der Waals surface area (Å²) in [6, 6.07) is 7.21. The molecule has 0 amide bonds. The maximum atomic E-state index is 10.8. The first-order valence-corrected chi connectivity index (χ1v) is 6.24. The van der Waals surface area contributed by atoms with Gasteiger partial charge in [0.1, 0.15) is 0 Å². The highest BCUT2D eigenvalue weighted by Crippen LogP contribution is 2.26. The molecule has 1 aromatic heterocycles. The molecule has 0 atom stereocenters. The maximum Gasteiger partial charge on any atom is 0.270 e. The quantitative estimate of drug-likeness (QED) is 0.636. The molecule has 1 aliphatic rings. The van der Waals surface area contributed by atoms with Crippen molar-refractivity contribution in [1.29, 1.82) is 0 Å². The zero-order valence-corrected chi connectivity index (χ0v) is 10.3. The lowest BCUT2D eigenvalue weighted by Crippen LogP contribution is -2.15. The summed E-state index contributed by atoms with van der Waals surface area (Å²) in [5, 5.41) is 21.2. The normalized spacial score (nSPS) is 14.5. The minimum Gasteiger partial charge on any atom is -0.310 e. The van der Waals surface area contributed by atoms with E-state index in [4.69, 9.17) is 0 Å². The minimum absolute atomic E-state index is 0.0909. The van der Waals surface area contributed by atoms with Gasteiger partial charge in [0.05, 0.1) is 16.8 Å². The van der Waals surface area contributed by atoms with Crippen molar-refractivity contribution < 1.29 is 4.92 Å². The molecule has 1 heterocycles. The van der Waals surface area contributed by atoms with Crippen molar-refractivity contribution >= 4 is 5.69 Å². The van der Waals surface area contributed by atoms with Crippen LogP contribution in [0.25, 0.3) is 11.3 Å². The van der Waals surface area contributed by atoms with Crippen LogP contribution in [0.5, 0.6) is 0 Å². The highest BCUT2D eigenvalue weighted by molar-refractivity contribution is 5.65. The third kappa shape index (κ3) is 2.63. The van der Waals surface area contributed by atoms with E-state index in [1.807, 2.05) is 6.07 Å². The monoisotopic (exact) mass is 258 g/mol. The summed E-state index contributed by atoms with van der Waals surface area (Å²) in [7, 11) is 0. The molecule has 19 heavy (non-hydrogen) atoms. The molecule has 0 radical (unpaired) electrons. The smallest absolute Gasteiger partial charge is 0.270 e. The molecule has 6 heteroatoms. The number of H-pyrrole nitrogens is 1. The second-order valence-corrected chi connectivity index (χ2v) is 4.73. The molecule has 1 saturated carbocycles. The Kier molecular flexibility index (Phi) is 3.00. The Labute approximate surface area is 110 Å². The molecule has 0 aliphatic heterocycles. The molecular formula is C13H14N4O2. The fourth-order valence-corrected chi connectivity index (χ4v) is 2.01. The Morgan fingerprint density at radius 3 is 3.05 bits per heavy atom.